The van der Waals surface area contributed by atoms with Crippen molar-refractivity contribution >= 4 is 27.5 Å². The van der Waals surface area contributed by atoms with Gasteiger partial charge in [-0.1, -0.05) is 12.1 Å². The van der Waals surface area contributed by atoms with E-state index in [0.29, 0.717) is 21.3 Å². The van der Waals surface area contributed by atoms with E-state index >= 15 is 0 Å². The molecule has 0 aliphatic rings. The molecule has 0 bridgehead atoms. The van der Waals surface area contributed by atoms with E-state index in [4.69, 9.17) is 16.3 Å². The van der Waals surface area contributed by atoms with E-state index in [1.54, 1.807) is 18.2 Å². The van der Waals surface area contributed by atoms with E-state index in [2.05, 4.69) is 15.9 Å². The van der Waals surface area contributed by atoms with E-state index in [9.17, 15) is 8.78 Å². The van der Waals surface area contributed by atoms with Crippen molar-refractivity contribution < 1.29 is 13.5 Å². The van der Waals surface area contributed by atoms with Crippen LogP contribution >= 0.6 is 27.5 Å². The maximum absolute atomic E-state index is 13.3. The Kier molecular flexibility index (Phi) is 4.77. The van der Waals surface area contributed by atoms with Crippen LogP contribution in [0.4, 0.5) is 8.78 Å². The average molecular weight is 348 g/mol. The molecule has 0 atom stereocenters. The van der Waals surface area contributed by atoms with Gasteiger partial charge in [-0.2, -0.15) is 0 Å². The number of halogens is 4. The maximum Gasteiger partial charge on any atom is 0.137 e. The van der Waals surface area contributed by atoms with Gasteiger partial charge in [0.2, 0.25) is 0 Å². The van der Waals surface area contributed by atoms with Crippen LogP contribution in [0.5, 0.6) is 5.75 Å². The van der Waals surface area contributed by atoms with Gasteiger partial charge in [0.15, 0.2) is 0 Å². The quantitative estimate of drug-likeness (QED) is 0.704. The Hall–Kier alpha value is -1.13. The molecule has 0 heterocycles. The first-order chi connectivity index (χ1) is 9.10. The number of hydrogen-bond acceptors (Lipinski definition) is 1. The topological polar surface area (TPSA) is 9.23 Å². The van der Waals surface area contributed by atoms with E-state index in [1.165, 1.54) is 18.2 Å². The van der Waals surface area contributed by atoms with Gasteiger partial charge in [0, 0.05) is 17.5 Å². The molecule has 2 aromatic rings. The highest BCUT2D eigenvalue weighted by Crippen LogP contribution is 2.23. The highest BCUT2D eigenvalue weighted by molar-refractivity contribution is 9.10. The number of alkyl halides is 1. The Bertz CT molecular complexity index is 590. The molecule has 0 N–H and O–H groups in total. The summed E-state index contributed by atoms with van der Waals surface area (Å²) in [6.07, 6.45) is 0. The van der Waals surface area contributed by atoms with Crippen LogP contribution in [0.1, 0.15) is 11.1 Å². The lowest BCUT2D eigenvalue weighted by Crippen LogP contribution is -1.98. The minimum atomic E-state index is -0.411. The molecule has 0 saturated heterocycles. The van der Waals surface area contributed by atoms with E-state index in [0.717, 1.165) is 0 Å². The van der Waals surface area contributed by atoms with Crippen LogP contribution in [0.3, 0.4) is 0 Å². The van der Waals surface area contributed by atoms with Gasteiger partial charge < -0.3 is 4.74 Å². The number of benzene rings is 2. The minimum Gasteiger partial charge on any atom is -0.489 e. The third-order valence-corrected chi connectivity index (χ3v) is 3.71. The summed E-state index contributed by atoms with van der Waals surface area (Å²) in [6.45, 7) is 0.142. The standard InChI is InChI=1S/C14H10BrClF2O/c15-14-10(2-1-3-13(14)18)8-19-12-5-9(7-16)4-11(17)6-12/h1-6H,7-8H2. The fourth-order valence-corrected chi connectivity index (χ4v) is 2.14. The molecule has 5 heteroatoms. The molecule has 0 aliphatic heterocycles. The maximum atomic E-state index is 13.3. The van der Waals surface area contributed by atoms with Crippen LogP contribution < -0.4 is 4.74 Å². The van der Waals surface area contributed by atoms with E-state index in [-0.39, 0.29) is 18.3 Å². The van der Waals surface area contributed by atoms with Gasteiger partial charge in [-0.3, -0.25) is 0 Å². The SMILES string of the molecule is Fc1cc(CCl)cc(OCc2cccc(F)c2Br)c1. The van der Waals surface area contributed by atoms with Crippen LogP contribution in [0.2, 0.25) is 0 Å². The Labute approximate surface area is 123 Å². The third kappa shape index (κ3) is 3.67. The van der Waals surface area contributed by atoms with E-state index in [1.807, 2.05) is 0 Å². The largest absolute Gasteiger partial charge is 0.489 e. The summed E-state index contributed by atoms with van der Waals surface area (Å²) in [6, 6.07) is 8.94. The number of rotatable bonds is 4. The summed E-state index contributed by atoms with van der Waals surface area (Å²) >= 11 is 8.80. The zero-order valence-corrected chi connectivity index (χ0v) is 12.1. The van der Waals surface area contributed by atoms with Crippen molar-refractivity contribution in [1.29, 1.82) is 0 Å². The van der Waals surface area contributed by atoms with Crippen LogP contribution in [0, 0.1) is 11.6 Å². The zero-order valence-electron chi connectivity index (χ0n) is 9.80. The molecule has 0 aromatic heterocycles. The molecule has 2 rings (SSSR count). The van der Waals surface area contributed by atoms with Crippen molar-refractivity contribution in [2.24, 2.45) is 0 Å². The molecular formula is C14H10BrClF2O. The van der Waals surface area contributed by atoms with E-state index < -0.39 is 5.82 Å². The van der Waals surface area contributed by atoms with Crippen LogP contribution in [-0.4, -0.2) is 0 Å². The Morgan fingerprint density at radius 3 is 2.68 bits per heavy atom. The molecule has 0 aliphatic carbocycles. The monoisotopic (exact) mass is 346 g/mol. The number of ether oxygens (including phenoxy) is 1. The highest BCUT2D eigenvalue weighted by atomic mass is 79.9. The fraction of sp³-hybridized carbons (Fsp3) is 0.143. The molecule has 19 heavy (non-hydrogen) atoms. The second kappa shape index (κ2) is 6.35. The predicted octanol–water partition coefficient (Wildman–Crippen LogP) is 5.05. The normalized spacial score (nSPS) is 10.5. The van der Waals surface area contributed by atoms with Gasteiger partial charge in [0.1, 0.15) is 24.0 Å². The fourth-order valence-electron chi connectivity index (χ4n) is 1.60. The van der Waals surface area contributed by atoms with Crippen LogP contribution in [0.25, 0.3) is 0 Å². The van der Waals surface area contributed by atoms with Gasteiger partial charge in [-0.15, -0.1) is 11.6 Å². The molecule has 0 spiro atoms. The molecule has 0 saturated carbocycles. The smallest absolute Gasteiger partial charge is 0.137 e. The van der Waals surface area contributed by atoms with Crippen molar-refractivity contribution in [3.05, 3.63) is 63.6 Å². The van der Waals surface area contributed by atoms with Crippen molar-refractivity contribution in [1.82, 2.24) is 0 Å². The van der Waals surface area contributed by atoms with Gasteiger partial charge in [-0.05, 0) is 39.7 Å². The lowest BCUT2D eigenvalue weighted by molar-refractivity contribution is 0.303. The first-order valence-electron chi connectivity index (χ1n) is 5.51. The van der Waals surface area contributed by atoms with Crippen molar-refractivity contribution in [3.8, 4) is 5.75 Å². The average Bonchev–Trinajstić information content (AvgIpc) is 2.40. The zero-order chi connectivity index (χ0) is 13.8. The second-order valence-electron chi connectivity index (χ2n) is 3.93. The third-order valence-electron chi connectivity index (χ3n) is 2.51. The first kappa shape index (κ1) is 14.3. The molecule has 100 valence electrons. The van der Waals surface area contributed by atoms with Gasteiger partial charge in [0.05, 0.1) is 4.47 Å². The summed E-state index contributed by atoms with van der Waals surface area (Å²) in [7, 11) is 0. The van der Waals surface area contributed by atoms with Crippen molar-refractivity contribution in [3.63, 3.8) is 0 Å². The van der Waals surface area contributed by atoms with Crippen molar-refractivity contribution in [2.75, 3.05) is 0 Å². The summed E-state index contributed by atoms with van der Waals surface area (Å²) in [5.41, 5.74) is 1.28. The first-order valence-corrected chi connectivity index (χ1v) is 6.84. The van der Waals surface area contributed by atoms with Gasteiger partial charge >= 0.3 is 0 Å². The lowest BCUT2D eigenvalue weighted by Gasteiger charge is -2.09. The molecule has 0 amide bonds. The van der Waals surface area contributed by atoms with Crippen LogP contribution in [-0.2, 0) is 12.5 Å². The Morgan fingerprint density at radius 1 is 1.16 bits per heavy atom. The Morgan fingerprint density at radius 2 is 1.95 bits per heavy atom. The minimum absolute atomic E-state index is 0.142. The predicted molar refractivity (Wildman–Crippen MR) is 74.4 cm³/mol. The molecule has 1 nitrogen and oxygen atoms in total. The number of hydrogen-bond donors (Lipinski definition) is 0. The molecular weight excluding hydrogens is 338 g/mol. The Balaban J connectivity index is 2.14. The van der Waals surface area contributed by atoms with Crippen molar-refractivity contribution in [2.45, 2.75) is 12.5 Å². The summed E-state index contributed by atoms with van der Waals surface area (Å²) in [4.78, 5) is 0. The summed E-state index contributed by atoms with van der Waals surface area (Å²) < 4.78 is 32.4. The van der Waals surface area contributed by atoms with Gasteiger partial charge in [0.25, 0.3) is 0 Å². The molecule has 2 aromatic carbocycles. The molecule has 0 fully saturated rings. The lowest BCUT2D eigenvalue weighted by atomic mass is 10.2. The summed E-state index contributed by atoms with van der Waals surface area (Å²) in [5, 5.41) is 0. The van der Waals surface area contributed by atoms with Crippen LogP contribution in [0.15, 0.2) is 40.9 Å². The van der Waals surface area contributed by atoms with Gasteiger partial charge in [-0.25, -0.2) is 8.78 Å². The molecule has 0 radical (unpaired) electrons. The summed E-state index contributed by atoms with van der Waals surface area (Å²) in [5.74, 6) is -0.197. The highest BCUT2D eigenvalue weighted by Gasteiger charge is 2.07. The molecule has 0 unspecified atom stereocenters. The second-order valence-corrected chi connectivity index (χ2v) is 4.99.